The number of carbonyl (C=O) groups is 2. The van der Waals surface area contributed by atoms with Gasteiger partial charge in [0.1, 0.15) is 0 Å². The average Bonchev–Trinajstić information content (AvgIpc) is 2.90. The fraction of sp³-hybridized carbons (Fsp3) is 0.161. The number of aryl methyl sites for hydroxylation is 3. The molecule has 1 aliphatic rings. The number of hydrogen-bond acceptors (Lipinski definition) is 2. The second-order valence-electron chi connectivity index (χ2n) is 9.07. The number of hydrogen-bond donors (Lipinski definition) is 1. The standard InChI is InChI=1S/C31H28N2O2/c1-21-13-14-25(20-22(21)2)27-10-4-5-11-28(27)30(34)32-26-17-15-24(16-18-26)31(35)33-19-7-9-23-8-3-6-12-29(23)33/h3-6,8,10-18,20H,7,9,19H2,1-2H3,(H,32,34). The van der Waals surface area contributed by atoms with E-state index in [0.717, 1.165) is 29.7 Å². The van der Waals surface area contributed by atoms with Gasteiger partial charge in [-0.05, 0) is 90.9 Å². The summed E-state index contributed by atoms with van der Waals surface area (Å²) in [7, 11) is 0. The highest BCUT2D eigenvalue weighted by molar-refractivity contribution is 6.10. The molecular formula is C31H28N2O2. The van der Waals surface area contributed by atoms with Gasteiger partial charge in [0.05, 0.1) is 0 Å². The van der Waals surface area contributed by atoms with E-state index in [1.54, 1.807) is 24.3 Å². The van der Waals surface area contributed by atoms with Crippen LogP contribution in [0.15, 0.2) is 91.0 Å². The third-order valence-corrected chi connectivity index (χ3v) is 6.73. The lowest BCUT2D eigenvalue weighted by atomic mass is 9.96. The van der Waals surface area contributed by atoms with Crippen LogP contribution in [0.1, 0.15) is 43.8 Å². The molecule has 0 saturated carbocycles. The molecule has 1 N–H and O–H groups in total. The predicted molar refractivity (Wildman–Crippen MR) is 142 cm³/mol. The van der Waals surface area contributed by atoms with E-state index in [1.165, 1.54) is 16.7 Å². The van der Waals surface area contributed by atoms with E-state index in [2.05, 4.69) is 37.4 Å². The number of amides is 2. The van der Waals surface area contributed by atoms with Crippen LogP contribution in [0, 0.1) is 13.8 Å². The van der Waals surface area contributed by atoms with Gasteiger partial charge in [-0.15, -0.1) is 0 Å². The molecule has 4 aromatic carbocycles. The van der Waals surface area contributed by atoms with Crippen molar-refractivity contribution in [2.75, 3.05) is 16.8 Å². The van der Waals surface area contributed by atoms with Gasteiger partial charge in [-0.2, -0.15) is 0 Å². The Kier molecular flexibility index (Phi) is 6.19. The Morgan fingerprint density at radius 2 is 1.54 bits per heavy atom. The first-order chi connectivity index (χ1) is 17.0. The maximum Gasteiger partial charge on any atom is 0.258 e. The summed E-state index contributed by atoms with van der Waals surface area (Å²) in [5, 5.41) is 2.99. The number of fused-ring (bicyclic) bond motifs is 1. The molecular weight excluding hydrogens is 432 g/mol. The van der Waals surface area contributed by atoms with Gasteiger partial charge in [0.2, 0.25) is 0 Å². The molecule has 4 heteroatoms. The third-order valence-electron chi connectivity index (χ3n) is 6.73. The molecule has 0 aliphatic carbocycles. The molecule has 4 aromatic rings. The minimum absolute atomic E-state index is 0.0184. The zero-order valence-electron chi connectivity index (χ0n) is 20.0. The van der Waals surface area contributed by atoms with Crippen LogP contribution in [-0.2, 0) is 6.42 Å². The minimum atomic E-state index is -0.178. The van der Waals surface area contributed by atoms with Crippen molar-refractivity contribution in [2.45, 2.75) is 26.7 Å². The number of benzene rings is 4. The van der Waals surface area contributed by atoms with Gasteiger partial charge >= 0.3 is 0 Å². The summed E-state index contributed by atoms with van der Waals surface area (Å²) in [6, 6.07) is 29.1. The summed E-state index contributed by atoms with van der Waals surface area (Å²) in [5.74, 6) is -0.196. The Morgan fingerprint density at radius 3 is 2.34 bits per heavy atom. The van der Waals surface area contributed by atoms with Crippen LogP contribution in [0.4, 0.5) is 11.4 Å². The van der Waals surface area contributed by atoms with Gasteiger partial charge in [0, 0.05) is 29.0 Å². The molecule has 2 amide bonds. The average molecular weight is 461 g/mol. The van der Waals surface area contributed by atoms with Crippen molar-refractivity contribution >= 4 is 23.2 Å². The first-order valence-electron chi connectivity index (χ1n) is 12.0. The Labute approximate surface area is 206 Å². The quantitative estimate of drug-likeness (QED) is 0.363. The molecule has 1 heterocycles. The van der Waals surface area contributed by atoms with Crippen molar-refractivity contribution in [1.29, 1.82) is 0 Å². The van der Waals surface area contributed by atoms with Gasteiger partial charge < -0.3 is 10.2 Å². The summed E-state index contributed by atoms with van der Waals surface area (Å²) in [4.78, 5) is 28.2. The van der Waals surface area contributed by atoms with Crippen LogP contribution in [0.25, 0.3) is 11.1 Å². The molecule has 0 radical (unpaired) electrons. The van der Waals surface area contributed by atoms with E-state index in [9.17, 15) is 9.59 Å². The SMILES string of the molecule is Cc1ccc(-c2ccccc2C(=O)Nc2ccc(C(=O)N3CCCc4ccccc43)cc2)cc1C. The monoisotopic (exact) mass is 460 g/mol. The highest BCUT2D eigenvalue weighted by atomic mass is 16.2. The van der Waals surface area contributed by atoms with Crippen molar-refractivity contribution in [2.24, 2.45) is 0 Å². The molecule has 0 atom stereocenters. The van der Waals surface area contributed by atoms with E-state index < -0.39 is 0 Å². The molecule has 5 rings (SSSR count). The smallest absolute Gasteiger partial charge is 0.258 e. The van der Waals surface area contributed by atoms with E-state index in [1.807, 2.05) is 53.4 Å². The van der Waals surface area contributed by atoms with E-state index in [4.69, 9.17) is 0 Å². The Hall–Kier alpha value is -4.18. The molecule has 0 bridgehead atoms. The van der Waals surface area contributed by atoms with E-state index in [-0.39, 0.29) is 11.8 Å². The zero-order chi connectivity index (χ0) is 24.4. The maximum absolute atomic E-state index is 13.2. The van der Waals surface area contributed by atoms with Crippen molar-refractivity contribution in [3.8, 4) is 11.1 Å². The normalized spacial score (nSPS) is 12.7. The molecule has 174 valence electrons. The Bertz CT molecular complexity index is 1410. The van der Waals surface area contributed by atoms with Gasteiger partial charge in [-0.3, -0.25) is 9.59 Å². The molecule has 0 fully saturated rings. The number of para-hydroxylation sites is 1. The molecule has 0 spiro atoms. The molecule has 4 nitrogen and oxygen atoms in total. The van der Waals surface area contributed by atoms with Crippen LogP contribution in [0.5, 0.6) is 0 Å². The van der Waals surface area contributed by atoms with Gasteiger partial charge in [-0.25, -0.2) is 0 Å². The fourth-order valence-electron chi connectivity index (χ4n) is 4.64. The van der Waals surface area contributed by atoms with E-state index in [0.29, 0.717) is 23.4 Å². The minimum Gasteiger partial charge on any atom is -0.322 e. The summed E-state index contributed by atoms with van der Waals surface area (Å²) < 4.78 is 0. The summed E-state index contributed by atoms with van der Waals surface area (Å²) in [6.45, 7) is 4.87. The second-order valence-corrected chi connectivity index (χ2v) is 9.07. The largest absolute Gasteiger partial charge is 0.322 e. The lowest BCUT2D eigenvalue weighted by Gasteiger charge is -2.29. The van der Waals surface area contributed by atoms with Gasteiger partial charge in [-0.1, -0.05) is 54.6 Å². The van der Waals surface area contributed by atoms with Crippen molar-refractivity contribution in [3.63, 3.8) is 0 Å². The highest BCUT2D eigenvalue weighted by Crippen LogP contribution is 2.29. The van der Waals surface area contributed by atoms with Gasteiger partial charge in [0.15, 0.2) is 0 Å². The number of anilines is 2. The van der Waals surface area contributed by atoms with Crippen molar-refractivity contribution < 1.29 is 9.59 Å². The number of carbonyl (C=O) groups excluding carboxylic acids is 2. The molecule has 0 unspecified atom stereocenters. The summed E-state index contributed by atoms with van der Waals surface area (Å²) >= 11 is 0. The number of rotatable bonds is 4. The first-order valence-corrected chi connectivity index (χ1v) is 12.0. The van der Waals surface area contributed by atoms with E-state index >= 15 is 0 Å². The summed E-state index contributed by atoms with van der Waals surface area (Å²) in [6.07, 6.45) is 1.95. The molecule has 35 heavy (non-hydrogen) atoms. The highest BCUT2D eigenvalue weighted by Gasteiger charge is 2.23. The van der Waals surface area contributed by atoms with Crippen LogP contribution < -0.4 is 10.2 Å². The van der Waals surface area contributed by atoms with Crippen LogP contribution >= 0.6 is 0 Å². The predicted octanol–water partition coefficient (Wildman–Crippen LogP) is 6.82. The Balaban J connectivity index is 1.34. The first kappa shape index (κ1) is 22.6. The molecule has 0 saturated heterocycles. The van der Waals surface area contributed by atoms with Crippen LogP contribution in [0.2, 0.25) is 0 Å². The lowest BCUT2D eigenvalue weighted by Crippen LogP contribution is -2.35. The molecule has 0 aromatic heterocycles. The number of nitrogens with one attached hydrogen (secondary N) is 1. The lowest BCUT2D eigenvalue weighted by molar-refractivity contribution is 0.0984. The van der Waals surface area contributed by atoms with Crippen molar-refractivity contribution in [3.05, 3.63) is 119 Å². The topological polar surface area (TPSA) is 49.4 Å². The third kappa shape index (κ3) is 4.60. The van der Waals surface area contributed by atoms with Gasteiger partial charge in [0.25, 0.3) is 11.8 Å². The second kappa shape index (κ2) is 9.59. The van der Waals surface area contributed by atoms with Crippen LogP contribution in [-0.4, -0.2) is 18.4 Å². The zero-order valence-corrected chi connectivity index (χ0v) is 20.0. The number of nitrogens with zero attached hydrogens (tertiary/aromatic N) is 1. The molecule has 1 aliphatic heterocycles. The summed E-state index contributed by atoms with van der Waals surface area (Å²) in [5.41, 5.74) is 8.39. The maximum atomic E-state index is 13.2. The fourth-order valence-corrected chi connectivity index (χ4v) is 4.64. The Morgan fingerprint density at radius 1 is 0.800 bits per heavy atom. The van der Waals surface area contributed by atoms with Crippen molar-refractivity contribution in [1.82, 2.24) is 0 Å². The van der Waals surface area contributed by atoms with Crippen LogP contribution in [0.3, 0.4) is 0 Å².